The van der Waals surface area contributed by atoms with E-state index in [4.69, 9.17) is 11.5 Å². The summed E-state index contributed by atoms with van der Waals surface area (Å²) in [4.78, 5) is -3.43. The summed E-state index contributed by atoms with van der Waals surface area (Å²) in [7, 11) is -24.6. The number of anilines is 4. The largest absolute Gasteiger partial charge is 0.505 e. The van der Waals surface area contributed by atoms with Crippen LogP contribution >= 0.6 is 0 Å². The summed E-state index contributed by atoms with van der Waals surface area (Å²) in [5.41, 5.74) is 10.8. The second-order valence-corrected chi connectivity index (χ2v) is 25.3. The van der Waals surface area contributed by atoms with Gasteiger partial charge in [0.2, 0.25) is 0 Å². The number of fused-ring (bicyclic) bond motifs is 4. The van der Waals surface area contributed by atoms with Crippen molar-refractivity contribution in [3.8, 4) is 11.5 Å². The lowest BCUT2D eigenvalue weighted by Crippen LogP contribution is -2.03. The van der Waals surface area contributed by atoms with Gasteiger partial charge in [-0.05, 0) is 150 Å². The fraction of sp³-hybridized carbons (Fsp3) is 0. The van der Waals surface area contributed by atoms with Crippen LogP contribution in [0.25, 0.3) is 43.1 Å². The Balaban J connectivity index is 0.923. The maximum atomic E-state index is 12.8. The summed E-state index contributed by atoms with van der Waals surface area (Å²) in [6.45, 7) is 0. The van der Waals surface area contributed by atoms with Crippen LogP contribution in [0.5, 0.6) is 11.5 Å². The Morgan fingerprint density at radius 1 is 0.329 bits per heavy atom. The summed E-state index contributed by atoms with van der Waals surface area (Å²) in [6, 6.07) is 31.6. The normalized spacial score (nSPS) is 13.0. The number of azo groups is 4. The Hall–Kier alpha value is -9.81. The summed E-state index contributed by atoms with van der Waals surface area (Å²) >= 11 is 0. The van der Waals surface area contributed by atoms with Gasteiger partial charge in [0, 0.05) is 49.4 Å². The van der Waals surface area contributed by atoms with E-state index in [1.54, 1.807) is 0 Å². The van der Waals surface area contributed by atoms with Crippen molar-refractivity contribution in [2.24, 2.45) is 40.9 Å². The molecule has 0 saturated carbocycles. The van der Waals surface area contributed by atoms with E-state index in [0.717, 1.165) is 42.5 Å². The van der Waals surface area contributed by atoms with Crippen molar-refractivity contribution < 1.29 is 75.1 Å². The smallest absolute Gasteiger partial charge is 0.296 e. The number of hydrogen-bond donors (Lipinski definition) is 10. The Morgan fingerprint density at radius 2 is 0.706 bits per heavy atom. The quantitative estimate of drug-likeness (QED) is 0.0259. The Labute approximate surface area is 479 Å². The van der Waals surface area contributed by atoms with Crippen molar-refractivity contribution in [3.63, 3.8) is 0 Å². The topological polar surface area (TPSA) is 475 Å². The zero-order valence-corrected chi connectivity index (χ0v) is 46.5. The molecule has 10 aromatic rings. The SMILES string of the molecule is Nc1ccc2c(O)c(N=Nc3ccc(N=Nc4ccc(Nc5ccc(N=Nc6ccc(N=Nc7c(S(=O)(=O)O)cc8cc(N)ccc8c7O)c7ccc(S(=O)(=O)O)cc67)cc5S(=O)(=O)O)cc4)c4cc(S(=O)(=O)O)ccc34)c(S(=O)(=O)O)cc2c1. The van der Waals surface area contributed by atoms with E-state index in [2.05, 4.69) is 46.2 Å². The minimum Gasteiger partial charge on any atom is -0.505 e. The molecule has 10 aromatic carbocycles. The van der Waals surface area contributed by atoms with E-state index in [0.29, 0.717) is 0 Å². The molecule has 0 saturated heterocycles. The summed E-state index contributed by atoms with van der Waals surface area (Å²) in [5, 5.41) is 58.7. The van der Waals surface area contributed by atoms with Crippen molar-refractivity contribution in [1.29, 1.82) is 0 Å². The van der Waals surface area contributed by atoms with Gasteiger partial charge in [0.15, 0.2) is 11.5 Å². The number of hydrogen-bond acceptors (Lipinski definition) is 23. The molecule has 0 spiro atoms. The zero-order valence-electron chi connectivity index (χ0n) is 42.4. The highest BCUT2D eigenvalue weighted by molar-refractivity contribution is 7.87. The van der Waals surface area contributed by atoms with Crippen LogP contribution in [0.15, 0.2) is 217 Å². The molecule has 0 radical (unpaired) electrons. The number of benzene rings is 10. The highest BCUT2D eigenvalue weighted by Crippen LogP contribution is 2.46. The van der Waals surface area contributed by atoms with Crippen molar-refractivity contribution in [2.45, 2.75) is 24.5 Å². The molecule has 432 valence electrons. The third-order valence-electron chi connectivity index (χ3n) is 12.6. The third-order valence-corrected chi connectivity index (χ3v) is 17.0. The van der Waals surface area contributed by atoms with E-state index < -0.39 is 97.9 Å². The lowest BCUT2D eigenvalue weighted by Gasteiger charge is -2.11. The maximum absolute atomic E-state index is 12.8. The van der Waals surface area contributed by atoms with Crippen LogP contribution in [0.2, 0.25) is 0 Å². The number of phenols is 2. The van der Waals surface area contributed by atoms with Crippen LogP contribution in [0, 0.1) is 0 Å². The summed E-state index contributed by atoms with van der Waals surface area (Å²) < 4.78 is 174. The van der Waals surface area contributed by atoms with E-state index in [-0.39, 0.29) is 100.0 Å². The first kappa shape index (κ1) is 58.4. The highest BCUT2D eigenvalue weighted by atomic mass is 32.2. The number of nitrogen functional groups attached to an aromatic ring is 2. The molecule has 0 aliphatic carbocycles. The third kappa shape index (κ3) is 12.3. The molecule has 0 aromatic heterocycles. The van der Waals surface area contributed by atoms with Crippen LogP contribution < -0.4 is 16.8 Å². The Kier molecular flexibility index (Phi) is 14.9. The lowest BCUT2D eigenvalue weighted by atomic mass is 10.1. The molecule has 0 atom stereocenters. The average molecular weight is 1250 g/mol. The van der Waals surface area contributed by atoms with E-state index in [1.807, 2.05) is 0 Å². The van der Waals surface area contributed by atoms with Crippen molar-refractivity contribution in [3.05, 3.63) is 152 Å². The molecular weight excluding hydrogens is 1210 g/mol. The minimum absolute atomic E-state index is 0.0150. The molecule has 28 nitrogen and oxygen atoms in total. The fourth-order valence-electron chi connectivity index (χ4n) is 8.68. The van der Waals surface area contributed by atoms with E-state index in [9.17, 15) is 75.1 Å². The number of nitrogens with two attached hydrogens (primary N) is 2. The van der Waals surface area contributed by atoms with E-state index in [1.165, 1.54) is 109 Å². The van der Waals surface area contributed by atoms with Crippen LogP contribution in [-0.4, -0.2) is 75.1 Å². The van der Waals surface area contributed by atoms with Gasteiger partial charge in [-0.3, -0.25) is 22.8 Å². The number of rotatable bonds is 15. The number of phenolic OH excluding ortho intramolecular Hbond substituents is 2. The second kappa shape index (κ2) is 21.7. The van der Waals surface area contributed by atoms with Crippen molar-refractivity contribution >= 4 is 162 Å². The van der Waals surface area contributed by atoms with Gasteiger partial charge in [0.1, 0.15) is 26.1 Å². The van der Waals surface area contributed by atoms with Crippen molar-refractivity contribution in [1.82, 2.24) is 0 Å². The number of nitrogens with one attached hydrogen (secondary N) is 1. The van der Waals surface area contributed by atoms with E-state index >= 15 is 0 Å². The Bertz CT molecular complexity index is 5250. The standard InChI is InChI=1S/C52H37N11O17S5/c53-28-1-10-35-26(19-28)21-47(84(75,76)77)49(51(35)64)62-60-41-15-17-43(39-24-33(81(66,67)68)8-12-37(39)41)58-56-31-5-3-30(4-6-31)55-45-14-7-32(23-46(45)83(72,73)74)57-59-44-18-16-42(38-13-9-34(25-40(38)44)82(69,70)71)61-63-50-48(85(78,79)80)22-27-20-29(54)2-11-36(27)52(50)65/h1-25,55,64-65H,53-54H2,(H,66,67,68)(H,69,70,71)(H,72,73,74)(H,75,76,77)(H,78,79,80). The minimum atomic E-state index is -5.02. The molecular formula is C52H37N11O17S5. The van der Waals surface area contributed by atoms with Gasteiger partial charge in [0.05, 0.1) is 49.6 Å². The first-order valence-corrected chi connectivity index (χ1v) is 30.9. The maximum Gasteiger partial charge on any atom is 0.296 e. The summed E-state index contributed by atoms with van der Waals surface area (Å²) in [6.07, 6.45) is 0. The van der Waals surface area contributed by atoms with Gasteiger partial charge in [0.25, 0.3) is 50.6 Å². The molecule has 0 aliphatic heterocycles. The van der Waals surface area contributed by atoms with Crippen molar-refractivity contribution in [2.75, 3.05) is 16.8 Å². The number of aromatic hydroxyl groups is 2. The molecule has 0 amide bonds. The lowest BCUT2D eigenvalue weighted by molar-refractivity contribution is 0.472. The fourth-order valence-corrected chi connectivity index (χ4v) is 11.7. The number of nitrogens with zero attached hydrogens (tertiary/aromatic N) is 8. The zero-order chi connectivity index (χ0) is 61.1. The van der Waals surface area contributed by atoms with Crippen LogP contribution in [0.1, 0.15) is 0 Å². The second-order valence-electron chi connectivity index (χ2n) is 18.3. The molecule has 85 heavy (non-hydrogen) atoms. The molecule has 12 N–H and O–H groups in total. The molecule has 0 unspecified atom stereocenters. The first-order chi connectivity index (χ1) is 39.9. The van der Waals surface area contributed by atoms with Crippen LogP contribution in [-0.2, 0) is 50.6 Å². The average Bonchev–Trinajstić information content (AvgIpc) is 3.62. The van der Waals surface area contributed by atoms with Gasteiger partial charge >= 0.3 is 0 Å². The molecule has 0 fully saturated rings. The van der Waals surface area contributed by atoms with Crippen LogP contribution in [0.3, 0.4) is 0 Å². The molecule has 0 bridgehead atoms. The first-order valence-electron chi connectivity index (χ1n) is 23.7. The van der Waals surface area contributed by atoms with Gasteiger partial charge < -0.3 is 27.0 Å². The predicted octanol–water partition coefficient (Wildman–Crippen LogP) is 12.5. The Morgan fingerprint density at radius 3 is 1.12 bits per heavy atom. The highest BCUT2D eigenvalue weighted by Gasteiger charge is 2.25. The molecule has 0 heterocycles. The molecule has 10 rings (SSSR count). The van der Waals surface area contributed by atoms with Gasteiger partial charge in [-0.1, -0.05) is 12.1 Å². The van der Waals surface area contributed by atoms with Gasteiger partial charge in [-0.2, -0.15) is 52.3 Å². The van der Waals surface area contributed by atoms with Gasteiger partial charge in [-0.15, -0.1) is 30.7 Å². The van der Waals surface area contributed by atoms with Crippen LogP contribution in [0.4, 0.5) is 68.2 Å². The predicted molar refractivity (Wildman–Crippen MR) is 310 cm³/mol. The van der Waals surface area contributed by atoms with Gasteiger partial charge in [-0.25, -0.2) is 0 Å². The molecule has 33 heteroatoms. The molecule has 0 aliphatic rings. The monoisotopic (exact) mass is 1250 g/mol. The summed E-state index contributed by atoms with van der Waals surface area (Å²) in [5.74, 6) is -1.33.